The largest absolute Gasteiger partial charge is 0.413 e. The van der Waals surface area contributed by atoms with Gasteiger partial charge in [-0.15, -0.1) is 0 Å². The van der Waals surface area contributed by atoms with Gasteiger partial charge >= 0.3 is 7.00 Å². The lowest BCUT2D eigenvalue weighted by Crippen LogP contribution is -2.16. The molecule has 0 fully saturated rings. The molecule has 2 unspecified atom stereocenters. The first-order chi connectivity index (χ1) is 5.06. The van der Waals surface area contributed by atoms with Crippen molar-refractivity contribution in [3.63, 3.8) is 0 Å². The first kappa shape index (κ1) is 11.4. The lowest BCUT2D eigenvalue weighted by molar-refractivity contribution is 0.499. The monoisotopic (exact) mass is 193 g/mol. The number of hydrogen-bond acceptors (Lipinski definition) is 1. The molecule has 0 N–H and O–H groups in total. The van der Waals surface area contributed by atoms with Crippen LogP contribution in [0.4, 0.5) is 0 Å². The Balaban J connectivity index is 3.99. The second-order valence-corrected chi connectivity index (χ2v) is 5.94. The minimum Gasteiger partial charge on any atom is -0.0654 e. The van der Waals surface area contributed by atoms with Crippen LogP contribution in [-0.2, 0) is 4.57 Å². The summed E-state index contributed by atoms with van der Waals surface area (Å²) in [4.78, 5) is 0. The van der Waals surface area contributed by atoms with Crippen LogP contribution in [0.25, 0.3) is 0 Å². The molecule has 0 saturated carbocycles. The molecule has 0 aliphatic heterocycles. The maximum atomic E-state index is 11.2. The van der Waals surface area contributed by atoms with E-state index in [1.165, 1.54) is 6.42 Å². The molecule has 1 nitrogen and oxygen atoms in total. The van der Waals surface area contributed by atoms with Crippen molar-refractivity contribution in [2.24, 2.45) is 0 Å². The van der Waals surface area contributed by atoms with Crippen molar-refractivity contribution >= 4 is 19.3 Å². The zero-order valence-electron chi connectivity index (χ0n) is 7.63. The van der Waals surface area contributed by atoms with Gasteiger partial charge in [0.15, 0.2) is 5.16 Å². The summed E-state index contributed by atoms with van der Waals surface area (Å²) in [6.07, 6.45) is 4.34. The molecule has 0 aromatic carbocycles. The summed E-state index contributed by atoms with van der Waals surface area (Å²) in [6, 6.07) is 0. The van der Waals surface area contributed by atoms with E-state index in [0.717, 1.165) is 19.3 Å². The van der Waals surface area contributed by atoms with Crippen molar-refractivity contribution in [2.75, 3.05) is 0 Å². The highest BCUT2D eigenvalue weighted by atomic mass is 32.7. The van der Waals surface area contributed by atoms with Gasteiger partial charge in [0.2, 0.25) is 0 Å². The van der Waals surface area contributed by atoms with Crippen LogP contribution < -0.4 is 0 Å². The van der Waals surface area contributed by atoms with Crippen LogP contribution in [0.5, 0.6) is 0 Å². The van der Waals surface area contributed by atoms with Gasteiger partial charge in [-0.05, 0) is 26.2 Å². The quantitative estimate of drug-likeness (QED) is 0.515. The minimum absolute atomic E-state index is 0.0333. The van der Waals surface area contributed by atoms with Crippen LogP contribution in [0.2, 0.25) is 0 Å². The van der Waals surface area contributed by atoms with Gasteiger partial charge in [0, 0.05) is 0 Å². The van der Waals surface area contributed by atoms with Crippen molar-refractivity contribution in [1.82, 2.24) is 0 Å². The van der Waals surface area contributed by atoms with Crippen molar-refractivity contribution in [3.8, 4) is 0 Å². The minimum atomic E-state index is -1.31. The van der Waals surface area contributed by atoms with E-state index in [1.54, 1.807) is 0 Å². The summed E-state index contributed by atoms with van der Waals surface area (Å²) < 4.78 is 11.2. The number of hydrogen-bond donors (Lipinski definition) is 1. The molecule has 0 aromatic rings. The molecule has 0 saturated heterocycles. The summed E-state index contributed by atoms with van der Waals surface area (Å²) in [7, 11) is -1.31. The summed E-state index contributed by atoms with van der Waals surface area (Å²) in [6.45, 7) is 6.30. The molecule has 0 amide bonds. The fourth-order valence-electron chi connectivity index (χ4n) is 0.965. The van der Waals surface area contributed by atoms with E-state index in [0.29, 0.717) is 0 Å². The highest BCUT2D eigenvalue weighted by molar-refractivity contribution is 8.41. The van der Waals surface area contributed by atoms with Crippen molar-refractivity contribution in [2.45, 2.75) is 51.6 Å². The lowest BCUT2D eigenvalue weighted by Gasteiger charge is -2.13. The Morgan fingerprint density at radius 3 is 2.27 bits per heavy atom. The molecule has 2 atom stereocenters. The second-order valence-electron chi connectivity index (χ2n) is 3.23. The van der Waals surface area contributed by atoms with E-state index in [4.69, 9.17) is 0 Å². The van der Waals surface area contributed by atoms with Crippen molar-refractivity contribution in [3.05, 3.63) is 0 Å². The van der Waals surface area contributed by atoms with Crippen LogP contribution in [0.1, 0.15) is 46.5 Å². The van der Waals surface area contributed by atoms with Crippen LogP contribution >= 0.6 is 19.3 Å². The third-order valence-corrected chi connectivity index (χ3v) is 5.20. The van der Waals surface area contributed by atoms with E-state index in [-0.39, 0.29) is 5.16 Å². The summed E-state index contributed by atoms with van der Waals surface area (Å²) in [5.41, 5.74) is 0. The number of thiol groups is 1. The maximum absolute atomic E-state index is 11.2. The molecule has 0 aliphatic rings. The predicted molar refractivity (Wildman–Crippen MR) is 54.8 cm³/mol. The van der Waals surface area contributed by atoms with E-state index < -0.39 is 7.00 Å². The van der Waals surface area contributed by atoms with Crippen LogP contribution in [0, 0.1) is 0 Å². The summed E-state index contributed by atoms with van der Waals surface area (Å²) in [5.74, 6) is 0. The number of unbranched alkanes of at least 4 members (excludes halogenated alkanes) is 1. The molecule has 66 valence electrons. The number of rotatable bonds is 5. The molecule has 0 aliphatic carbocycles. The highest BCUT2D eigenvalue weighted by Gasteiger charge is 2.39. The van der Waals surface area contributed by atoms with E-state index in [9.17, 15) is 4.57 Å². The summed E-state index contributed by atoms with van der Waals surface area (Å²) in [5, 5.41) is -0.0333. The van der Waals surface area contributed by atoms with Gasteiger partial charge in [0.25, 0.3) is 0 Å². The predicted octanol–water partition coefficient (Wildman–Crippen LogP) is 4.02. The van der Waals surface area contributed by atoms with Gasteiger partial charge < -0.3 is 0 Å². The molecule has 0 rings (SSSR count). The Morgan fingerprint density at radius 1 is 1.45 bits per heavy atom. The first-order valence-electron chi connectivity index (χ1n) is 4.23. The Morgan fingerprint density at radius 2 is 2.00 bits per heavy atom. The average Bonchev–Trinajstić information content (AvgIpc) is 2.00. The molecule has 0 aromatic heterocycles. The summed E-state index contributed by atoms with van der Waals surface area (Å²) >= 11 is 4.04. The molecule has 0 spiro atoms. The normalized spacial score (nSPS) is 17.6. The molecule has 3 heteroatoms. The van der Waals surface area contributed by atoms with Crippen molar-refractivity contribution in [1.29, 1.82) is 0 Å². The van der Waals surface area contributed by atoms with Gasteiger partial charge in [-0.3, -0.25) is 0 Å². The third-order valence-electron chi connectivity index (χ3n) is 2.29. The van der Waals surface area contributed by atoms with E-state index in [2.05, 4.69) is 33.0 Å². The molecule has 11 heavy (non-hydrogen) atoms. The highest BCUT2D eigenvalue weighted by Crippen LogP contribution is 2.47. The lowest BCUT2D eigenvalue weighted by atomic mass is 10.0. The Hall–Kier alpha value is 0.450. The fourth-order valence-corrected chi connectivity index (χ4v) is 2.31. The van der Waals surface area contributed by atoms with E-state index >= 15 is 0 Å². The van der Waals surface area contributed by atoms with Gasteiger partial charge in [-0.25, -0.2) is 0 Å². The topological polar surface area (TPSA) is 17.1 Å². The van der Waals surface area contributed by atoms with Crippen LogP contribution in [0.15, 0.2) is 0 Å². The molecule has 0 heterocycles. The Kier molecular flexibility index (Phi) is 5.37. The van der Waals surface area contributed by atoms with E-state index in [1.807, 2.05) is 0 Å². The first-order valence-corrected chi connectivity index (χ1v) is 6.64. The Bertz CT molecular complexity index is 138. The van der Waals surface area contributed by atoms with Gasteiger partial charge in [-0.2, -0.15) is 0 Å². The van der Waals surface area contributed by atoms with Crippen LogP contribution in [-0.4, -0.2) is 5.16 Å². The SMILES string of the molecule is CCCCC(C)(CC)[P+](=O)S. The van der Waals surface area contributed by atoms with Gasteiger partial charge in [0.05, 0.1) is 0 Å². The van der Waals surface area contributed by atoms with Gasteiger partial charge in [-0.1, -0.05) is 24.8 Å². The third kappa shape index (κ3) is 3.57. The Labute approximate surface area is 75.9 Å². The molecule has 0 radical (unpaired) electrons. The smallest absolute Gasteiger partial charge is 0.0654 e. The van der Waals surface area contributed by atoms with Crippen molar-refractivity contribution < 1.29 is 4.57 Å². The zero-order valence-corrected chi connectivity index (χ0v) is 9.42. The molecular formula is C8H18OPS+. The zero-order chi connectivity index (χ0) is 8.91. The fraction of sp³-hybridized carbons (Fsp3) is 1.00. The average molecular weight is 193 g/mol. The molecular weight excluding hydrogens is 175 g/mol. The second kappa shape index (κ2) is 5.16. The maximum Gasteiger partial charge on any atom is 0.413 e. The molecule has 0 bridgehead atoms. The van der Waals surface area contributed by atoms with Gasteiger partial charge in [0.1, 0.15) is 12.2 Å². The van der Waals surface area contributed by atoms with Crippen LogP contribution in [0.3, 0.4) is 0 Å². The standard InChI is InChI=1S/C8H17OPS/c1-4-6-7-8(3,5-2)10(9)11/h4-7H2,1-3H3/p+1.